The molecule has 0 fully saturated rings. The van der Waals surface area contributed by atoms with Crippen molar-refractivity contribution in [1.82, 2.24) is 4.98 Å². The van der Waals surface area contributed by atoms with Crippen LogP contribution in [0.5, 0.6) is 5.75 Å². The lowest BCUT2D eigenvalue weighted by molar-refractivity contribution is 0.0525. The zero-order chi connectivity index (χ0) is 16.4. The molecule has 3 aromatic rings. The fraction of sp³-hybridized carbons (Fsp3) is 0.211. The molecular formula is C19H19NO3. The molecule has 0 saturated carbocycles. The Morgan fingerprint density at radius 3 is 2.78 bits per heavy atom. The molecule has 4 heteroatoms. The summed E-state index contributed by atoms with van der Waals surface area (Å²) >= 11 is 0. The number of carbonyl (C=O) groups is 1. The third kappa shape index (κ3) is 2.93. The quantitative estimate of drug-likeness (QED) is 0.717. The van der Waals surface area contributed by atoms with E-state index < -0.39 is 0 Å². The largest absolute Gasteiger partial charge is 0.508 e. The summed E-state index contributed by atoms with van der Waals surface area (Å²) in [5.74, 6) is -0.0485. The Morgan fingerprint density at radius 1 is 1.22 bits per heavy atom. The monoisotopic (exact) mass is 309 g/mol. The number of aromatic hydroxyl groups is 1. The van der Waals surface area contributed by atoms with Crippen LogP contribution in [0.15, 0.2) is 42.5 Å². The molecule has 0 aliphatic heterocycles. The summed E-state index contributed by atoms with van der Waals surface area (Å²) in [6.45, 7) is 4.17. The molecule has 2 N–H and O–H groups in total. The smallest absolute Gasteiger partial charge is 0.338 e. The van der Waals surface area contributed by atoms with E-state index in [4.69, 9.17) is 4.74 Å². The zero-order valence-electron chi connectivity index (χ0n) is 13.2. The Hall–Kier alpha value is -2.75. The summed E-state index contributed by atoms with van der Waals surface area (Å²) in [4.78, 5) is 15.5. The van der Waals surface area contributed by atoms with Crippen LogP contribution < -0.4 is 0 Å². The van der Waals surface area contributed by atoms with Gasteiger partial charge < -0.3 is 14.8 Å². The molecule has 0 radical (unpaired) electrons. The highest BCUT2D eigenvalue weighted by molar-refractivity contribution is 5.91. The SMILES string of the molecule is CCOC(=O)c1ccccc1Cc1[nH]c2ccc(O)cc2c1C. The first-order valence-electron chi connectivity index (χ1n) is 7.65. The van der Waals surface area contributed by atoms with Crippen LogP contribution in [0, 0.1) is 6.92 Å². The van der Waals surface area contributed by atoms with Crippen LogP contribution in [0.1, 0.15) is 34.1 Å². The molecule has 0 spiro atoms. The van der Waals surface area contributed by atoms with Crippen molar-refractivity contribution in [2.75, 3.05) is 6.61 Å². The van der Waals surface area contributed by atoms with Gasteiger partial charge in [-0.25, -0.2) is 4.79 Å². The number of rotatable bonds is 4. The van der Waals surface area contributed by atoms with E-state index in [1.54, 1.807) is 25.1 Å². The Labute approximate surface area is 134 Å². The van der Waals surface area contributed by atoms with E-state index in [2.05, 4.69) is 4.98 Å². The van der Waals surface area contributed by atoms with Gasteiger partial charge in [0.2, 0.25) is 0 Å². The van der Waals surface area contributed by atoms with Crippen LogP contribution in [0.25, 0.3) is 10.9 Å². The van der Waals surface area contributed by atoms with E-state index in [0.717, 1.165) is 27.7 Å². The molecule has 0 saturated heterocycles. The van der Waals surface area contributed by atoms with Gasteiger partial charge in [0.1, 0.15) is 5.75 Å². The van der Waals surface area contributed by atoms with E-state index in [9.17, 15) is 9.90 Å². The van der Waals surface area contributed by atoms with Gasteiger partial charge in [-0.2, -0.15) is 0 Å². The summed E-state index contributed by atoms with van der Waals surface area (Å²) in [6, 6.07) is 12.8. The lowest BCUT2D eigenvalue weighted by Gasteiger charge is -2.08. The fourth-order valence-corrected chi connectivity index (χ4v) is 2.82. The molecule has 2 aromatic carbocycles. The second kappa shape index (κ2) is 6.16. The Morgan fingerprint density at radius 2 is 2.00 bits per heavy atom. The van der Waals surface area contributed by atoms with Gasteiger partial charge in [0, 0.05) is 23.0 Å². The predicted molar refractivity (Wildman–Crippen MR) is 89.9 cm³/mol. The normalized spacial score (nSPS) is 10.9. The Bertz CT molecular complexity index is 864. The number of aromatic nitrogens is 1. The minimum atomic E-state index is -0.297. The summed E-state index contributed by atoms with van der Waals surface area (Å²) in [5.41, 5.74) is 4.60. The van der Waals surface area contributed by atoms with Crippen LogP contribution >= 0.6 is 0 Å². The van der Waals surface area contributed by atoms with E-state index in [1.165, 1.54) is 0 Å². The number of carbonyl (C=O) groups excluding carboxylic acids is 1. The molecule has 0 atom stereocenters. The third-order valence-corrected chi connectivity index (χ3v) is 4.03. The average Bonchev–Trinajstić information content (AvgIpc) is 2.84. The van der Waals surface area contributed by atoms with Gasteiger partial charge in [-0.3, -0.25) is 0 Å². The fourth-order valence-electron chi connectivity index (χ4n) is 2.82. The Kier molecular flexibility index (Phi) is 4.06. The minimum absolute atomic E-state index is 0.248. The van der Waals surface area contributed by atoms with Gasteiger partial charge in [-0.15, -0.1) is 0 Å². The van der Waals surface area contributed by atoms with Gasteiger partial charge in [-0.05, 0) is 49.2 Å². The van der Waals surface area contributed by atoms with E-state index >= 15 is 0 Å². The molecule has 0 aliphatic rings. The Balaban J connectivity index is 2.00. The lowest BCUT2D eigenvalue weighted by Crippen LogP contribution is -2.08. The van der Waals surface area contributed by atoms with Crippen LogP contribution in [0.2, 0.25) is 0 Å². The van der Waals surface area contributed by atoms with Crippen molar-refractivity contribution < 1.29 is 14.6 Å². The maximum absolute atomic E-state index is 12.1. The van der Waals surface area contributed by atoms with E-state index in [1.807, 2.05) is 31.2 Å². The first-order valence-corrected chi connectivity index (χ1v) is 7.65. The van der Waals surface area contributed by atoms with Crippen molar-refractivity contribution in [2.45, 2.75) is 20.3 Å². The number of phenolic OH excluding ortho intramolecular Hbond substituents is 1. The number of esters is 1. The lowest BCUT2D eigenvalue weighted by atomic mass is 10.0. The molecule has 118 valence electrons. The van der Waals surface area contributed by atoms with Crippen LogP contribution in [-0.4, -0.2) is 22.7 Å². The highest BCUT2D eigenvalue weighted by Crippen LogP contribution is 2.27. The van der Waals surface area contributed by atoms with Gasteiger partial charge >= 0.3 is 5.97 Å². The maximum atomic E-state index is 12.1. The number of hydrogen-bond donors (Lipinski definition) is 2. The summed E-state index contributed by atoms with van der Waals surface area (Å²) in [6.07, 6.45) is 0.607. The second-order valence-electron chi connectivity index (χ2n) is 5.51. The van der Waals surface area contributed by atoms with Crippen LogP contribution in [-0.2, 0) is 11.2 Å². The summed E-state index contributed by atoms with van der Waals surface area (Å²) in [7, 11) is 0. The van der Waals surface area contributed by atoms with Crippen molar-refractivity contribution in [3.8, 4) is 5.75 Å². The molecule has 0 amide bonds. The number of fused-ring (bicyclic) bond motifs is 1. The first kappa shape index (κ1) is 15.2. The highest BCUT2D eigenvalue weighted by Gasteiger charge is 2.15. The van der Waals surface area contributed by atoms with Crippen molar-refractivity contribution in [1.29, 1.82) is 0 Å². The zero-order valence-corrected chi connectivity index (χ0v) is 13.2. The first-order chi connectivity index (χ1) is 11.1. The van der Waals surface area contributed by atoms with E-state index in [-0.39, 0.29) is 11.7 Å². The van der Waals surface area contributed by atoms with Gasteiger partial charge in [-0.1, -0.05) is 18.2 Å². The third-order valence-electron chi connectivity index (χ3n) is 4.03. The summed E-state index contributed by atoms with van der Waals surface area (Å²) < 4.78 is 5.13. The number of aryl methyl sites for hydroxylation is 1. The molecule has 4 nitrogen and oxygen atoms in total. The number of nitrogens with one attached hydrogen (secondary N) is 1. The average molecular weight is 309 g/mol. The number of hydrogen-bond acceptors (Lipinski definition) is 3. The molecule has 1 heterocycles. The number of H-pyrrole nitrogens is 1. The van der Waals surface area contributed by atoms with Crippen molar-refractivity contribution in [2.24, 2.45) is 0 Å². The molecule has 0 unspecified atom stereocenters. The standard InChI is InChI=1S/C19H19NO3/c1-3-23-19(22)15-7-5-4-6-13(15)10-18-12(2)16-11-14(21)8-9-17(16)20-18/h4-9,11,20-21H,3,10H2,1-2H3. The minimum Gasteiger partial charge on any atom is -0.508 e. The van der Waals surface area contributed by atoms with E-state index in [0.29, 0.717) is 18.6 Å². The summed E-state index contributed by atoms with van der Waals surface area (Å²) in [5, 5.41) is 10.6. The van der Waals surface area contributed by atoms with Gasteiger partial charge in [0.25, 0.3) is 0 Å². The number of aromatic amines is 1. The van der Waals surface area contributed by atoms with Gasteiger partial charge in [0.15, 0.2) is 0 Å². The molecule has 0 bridgehead atoms. The predicted octanol–water partition coefficient (Wildman–Crippen LogP) is 3.95. The van der Waals surface area contributed by atoms with Crippen molar-refractivity contribution >= 4 is 16.9 Å². The molecule has 3 rings (SSSR count). The topological polar surface area (TPSA) is 62.3 Å². The van der Waals surface area contributed by atoms with Crippen molar-refractivity contribution in [3.05, 3.63) is 64.8 Å². The van der Waals surface area contributed by atoms with Gasteiger partial charge in [0.05, 0.1) is 12.2 Å². The maximum Gasteiger partial charge on any atom is 0.338 e. The molecule has 0 aliphatic carbocycles. The number of benzene rings is 2. The highest BCUT2D eigenvalue weighted by atomic mass is 16.5. The molecular weight excluding hydrogens is 290 g/mol. The molecule has 1 aromatic heterocycles. The van der Waals surface area contributed by atoms with Crippen LogP contribution in [0.4, 0.5) is 0 Å². The second-order valence-corrected chi connectivity index (χ2v) is 5.51. The molecule has 23 heavy (non-hydrogen) atoms. The van der Waals surface area contributed by atoms with Crippen LogP contribution in [0.3, 0.4) is 0 Å². The number of ether oxygens (including phenoxy) is 1. The number of phenols is 1. The van der Waals surface area contributed by atoms with Crippen molar-refractivity contribution in [3.63, 3.8) is 0 Å².